The number of amidine groups is 1. The molecule has 0 unspecified atom stereocenters. The highest BCUT2D eigenvalue weighted by Gasteiger charge is 2.21. The lowest BCUT2D eigenvalue weighted by Gasteiger charge is -2.16. The fourth-order valence-electron chi connectivity index (χ4n) is 4.38. The van der Waals surface area contributed by atoms with E-state index in [-0.39, 0.29) is 34.4 Å². The number of anilines is 1. The van der Waals surface area contributed by atoms with Crippen LogP contribution in [-0.4, -0.2) is 35.3 Å². The zero-order valence-electron chi connectivity index (χ0n) is 22.9. The molecule has 0 heterocycles. The van der Waals surface area contributed by atoms with Crippen LogP contribution in [-0.2, 0) is 6.42 Å². The average Bonchev–Trinajstić information content (AvgIpc) is 2.96. The summed E-state index contributed by atoms with van der Waals surface area (Å²) in [5.41, 5.74) is 9.67. The van der Waals surface area contributed by atoms with Crippen LogP contribution in [0.1, 0.15) is 61.6 Å². The van der Waals surface area contributed by atoms with Gasteiger partial charge in [0, 0.05) is 28.9 Å². The highest BCUT2D eigenvalue weighted by molar-refractivity contribution is 6.11. The maximum absolute atomic E-state index is 13.6. The molecule has 0 radical (unpaired) electrons. The topological polar surface area (TPSA) is 145 Å². The quantitative estimate of drug-likeness (QED) is 0.130. The molecule has 0 atom stereocenters. The van der Waals surface area contributed by atoms with Gasteiger partial charge >= 0.3 is 5.97 Å². The number of amides is 2. The number of benzene rings is 4. The van der Waals surface area contributed by atoms with E-state index >= 15 is 0 Å². The van der Waals surface area contributed by atoms with E-state index < -0.39 is 11.9 Å². The summed E-state index contributed by atoms with van der Waals surface area (Å²) < 4.78 is 0. The van der Waals surface area contributed by atoms with Crippen molar-refractivity contribution in [1.29, 1.82) is 5.41 Å². The first-order chi connectivity index (χ1) is 19.6. The number of carbonyl (C=O) groups is 3. The fourth-order valence-corrected chi connectivity index (χ4v) is 4.38. The van der Waals surface area contributed by atoms with Gasteiger partial charge in [0.05, 0.1) is 5.56 Å². The number of rotatable bonds is 10. The summed E-state index contributed by atoms with van der Waals surface area (Å²) in [5, 5.41) is 23.3. The summed E-state index contributed by atoms with van der Waals surface area (Å²) >= 11 is 0. The van der Waals surface area contributed by atoms with Crippen LogP contribution in [0.5, 0.6) is 0 Å². The van der Waals surface area contributed by atoms with Gasteiger partial charge < -0.3 is 21.5 Å². The summed E-state index contributed by atoms with van der Waals surface area (Å²) in [4.78, 5) is 38.6. The molecular weight excluding hydrogens is 516 g/mol. The maximum atomic E-state index is 13.6. The van der Waals surface area contributed by atoms with E-state index in [0.717, 1.165) is 11.1 Å². The van der Waals surface area contributed by atoms with Crippen LogP contribution in [0, 0.1) is 11.3 Å². The number of hydrogen-bond donors (Lipinski definition) is 5. The molecule has 0 saturated carbocycles. The third-order valence-electron chi connectivity index (χ3n) is 6.51. The van der Waals surface area contributed by atoms with Gasteiger partial charge in [-0.2, -0.15) is 0 Å². The normalized spacial score (nSPS) is 10.7. The molecule has 41 heavy (non-hydrogen) atoms. The van der Waals surface area contributed by atoms with E-state index in [2.05, 4.69) is 10.6 Å². The molecule has 8 nitrogen and oxygen atoms in total. The molecule has 2 amide bonds. The van der Waals surface area contributed by atoms with Gasteiger partial charge in [-0.1, -0.05) is 62.4 Å². The maximum Gasteiger partial charge on any atom is 0.336 e. The first kappa shape index (κ1) is 28.8. The van der Waals surface area contributed by atoms with Crippen LogP contribution in [0.25, 0.3) is 11.1 Å². The van der Waals surface area contributed by atoms with Crippen molar-refractivity contribution in [3.63, 3.8) is 0 Å². The first-order valence-corrected chi connectivity index (χ1v) is 13.2. The molecule has 208 valence electrons. The zero-order chi connectivity index (χ0) is 29.5. The number of nitrogens with two attached hydrogens (primary N) is 1. The van der Waals surface area contributed by atoms with Crippen LogP contribution in [0.4, 0.5) is 5.69 Å². The van der Waals surface area contributed by atoms with Crippen LogP contribution in [0.2, 0.25) is 0 Å². The second-order valence-corrected chi connectivity index (χ2v) is 10.2. The summed E-state index contributed by atoms with van der Waals surface area (Å²) in [6.45, 7) is 4.40. The van der Waals surface area contributed by atoms with Gasteiger partial charge in [-0.05, 0) is 77.1 Å². The lowest BCUT2D eigenvalue weighted by Crippen LogP contribution is -2.27. The molecule has 0 aliphatic carbocycles. The SMILES string of the molecule is CC(C)CNC(=O)c1ccc(-c2ccc(Cc3ccccc3)cc2C(=O)Nc2ccc(C(=N)N)cc2)c(C(=O)O)c1. The van der Waals surface area contributed by atoms with E-state index in [1.54, 1.807) is 48.5 Å². The molecule has 4 aromatic rings. The molecule has 4 rings (SSSR count). The first-order valence-electron chi connectivity index (χ1n) is 13.2. The Morgan fingerprint density at radius 1 is 0.780 bits per heavy atom. The summed E-state index contributed by atoms with van der Waals surface area (Å²) in [6.07, 6.45) is 0.579. The zero-order valence-corrected chi connectivity index (χ0v) is 22.9. The van der Waals surface area contributed by atoms with Crippen molar-refractivity contribution in [3.05, 3.63) is 124 Å². The number of carbonyl (C=O) groups excluding carboxylic acids is 2. The van der Waals surface area contributed by atoms with Gasteiger partial charge in [-0.15, -0.1) is 0 Å². The van der Waals surface area contributed by atoms with Crippen molar-refractivity contribution in [3.8, 4) is 11.1 Å². The van der Waals surface area contributed by atoms with Gasteiger partial charge in [0.2, 0.25) is 0 Å². The predicted molar refractivity (Wildman–Crippen MR) is 161 cm³/mol. The third-order valence-corrected chi connectivity index (χ3v) is 6.51. The Balaban J connectivity index is 1.76. The Morgan fingerprint density at radius 2 is 1.41 bits per heavy atom. The molecule has 0 aromatic heterocycles. The highest BCUT2D eigenvalue weighted by Crippen LogP contribution is 2.31. The van der Waals surface area contributed by atoms with Crippen LogP contribution in [0.3, 0.4) is 0 Å². The van der Waals surface area contributed by atoms with Crippen LogP contribution >= 0.6 is 0 Å². The minimum Gasteiger partial charge on any atom is -0.478 e. The molecular formula is C33H32N4O4. The molecule has 4 aromatic carbocycles. The van der Waals surface area contributed by atoms with Crippen molar-refractivity contribution < 1.29 is 19.5 Å². The third kappa shape index (κ3) is 7.24. The Bertz CT molecular complexity index is 1600. The molecule has 8 heteroatoms. The fraction of sp³-hybridized carbons (Fsp3) is 0.152. The molecule has 6 N–H and O–H groups in total. The molecule has 0 spiro atoms. The van der Waals surface area contributed by atoms with Crippen molar-refractivity contribution in [2.75, 3.05) is 11.9 Å². The molecule has 0 aliphatic rings. The minimum atomic E-state index is -1.21. The average molecular weight is 549 g/mol. The van der Waals surface area contributed by atoms with Crippen molar-refractivity contribution >= 4 is 29.3 Å². The number of nitrogen functional groups attached to an aromatic ring is 1. The van der Waals surface area contributed by atoms with Crippen molar-refractivity contribution in [2.45, 2.75) is 20.3 Å². The number of carboxylic acid groups (broad SMARTS) is 1. The Morgan fingerprint density at radius 3 is 2.05 bits per heavy atom. The van der Waals surface area contributed by atoms with E-state index in [9.17, 15) is 19.5 Å². The van der Waals surface area contributed by atoms with Crippen molar-refractivity contribution in [1.82, 2.24) is 5.32 Å². The summed E-state index contributed by atoms with van der Waals surface area (Å²) in [5.74, 6) is -1.84. The Labute approximate surface area is 238 Å². The standard InChI is InChI=1S/C33H32N4O4/c1-20(2)19-36-31(38)24-11-15-27(29(18-24)33(40)41)26-14-8-22(16-21-6-4-3-5-7-21)17-28(26)32(39)37-25-12-9-23(10-13-25)30(34)35/h3-15,17-18,20H,16,19H2,1-2H3,(H3,34,35)(H,36,38)(H,37,39)(H,40,41). The smallest absolute Gasteiger partial charge is 0.336 e. The predicted octanol–water partition coefficient (Wildman–Crippen LogP) is 5.56. The van der Waals surface area contributed by atoms with E-state index in [1.807, 2.05) is 50.2 Å². The molecule has 0 aliphatic heterocycles. The second kappa shape index (κ2) is 12.7. The van der Waals surface area contributed by atoms with Gasteiger partial charge in [-0.25, -0.2) is 4.79 Å². The number of carboxylic acids is 1. The van der Waals surface area contributed by atoms with Gasteiger partial charge in [0.25, 0.3) is 11.8 Å². The molecule has 0 bridgehead atoms. The van der Waals surface area contributed by atoms with E-state index in [1.165, 1.54) is 6.07 Å². The van der Waals surface area contributed by atoms with Crippen LogP contribution < -0.4 is 16.4 Å². The lowest BCUT2D eigenvalue weighted by molar-refractivity contribution is 0.0697. The van der Waals surface area contributed by atoms with Crippen LogP contribution in [0.15, 0.2) is 91.0 Å². The van der Waals surface area contributed by atoms with Gasteiger partial charge in [0.15, 0.2) is 0 Å². The second-order valence-electron chi connectivity index (χ2n) is 10.2. The van der Waals surface area contributed by atoms with Gasteiger partial charge in [-0.3, -0.25) is 15.0 Å². The Hall–Kier alpha value is -5.24. The monoisotopic (exact) mass is 548 g/mol. The molecule has 0 fully saturated rings. The lowest BCUT2D eigenvalue weighted by atomic mass is 9.91. The van der Waals surface area contributed by atoms with E-state index in [4.69, 9.17) is 11.1 Å². The molecule has 0 saturated heterocycles. The van der Waals surface area contributed by atoms with E-state index in [0.29, 0.717) is 35.3 Å². The number of aromatic carboxylic acids is 1. The van der Waals surface area contributed by atoms with Crippen molar-refractivity contribution in [2.24, 2.45) is 11.7 Å². The number of nitrogens with one attached hydrogen (secondary N) is 3. The minimum absolute atomic E-state index is 0.0821. The Kier molecular flexibility index (Phi) is 8.94. The van der Waals surface area contributed by atoms with Gasteiger partial charge in [0.1, 0.15) is 5.84 Å². The summed E-state index contributed by atoms with van der Waals surface area (Å²) in [7, 11) is 0. The largest absolute Gasteiger partial charge is 0.478 e. The highest BCUT2D eigenvalue weighted by atomic mass is 16.4. The summed E-state index contributed by atoms with van der Waals surface area (Å²) in [6, 6.07) is 26.2. The number of hydrogen-bond acceptors (Lipinski definition) is 4.